The fourth-order valence-corrected chi connectivity index (χ4v) is 2.73. The fraction of sp³-hybridized carbons (Fsp3) is 0.429. The summed E-state index contributed by atoms with van der Waals surface area (Å²) in [4.78, 5) is 14.7. The summed E-state index contributed by atoms with van der Waals surface area (Å²) in [7, 11) is 0. The van der Waals surface area contributed by atoms with Crippen LogP contribution in [0.4, 0.5) is 4.39 Å². The third kappa shape index (κ3) is 4.62. The summed E-state index contributed by atoms with van der Waals surface area (Å²) in [5.74, 6) is -0.760. The number of rotatable bonds is 4. The first kappa shape index (κ1) is 16.1. The van der Waals surface area contributed by atoms with Crippen molar-refractivity contribution >= 4 is 34.7 Å². The second kappa shape index (κ2) is 7.15. The lowest BCUT2D eigenvalue weighted by Gasteiger charge is -2.31. The van der Waals surface area contributed by atoms with Gasteiger partial charge in [-0.25, -0.2) is 4.39 Å². The molecule has 0 aromatic heterocycles. The minimum absolute atomic E-state index is 0.0473. The van der Waals surface area contributed by atoms with Gasteiger partial charge in [0.1, 0.15) is 5.82 Å². The molecular formula is C14H17ClFN3OS. The van der Waals surface area contributed by atoms with Crippen molar-refractivity contribution in [2.75, 3.05) is 19.6 Å². The quantitative estimate of drug-likeness (QED) is 0.829. The zero-order valence-corrected chi connectivity index (χ0v) is 13.0. The number of halogens is 2. The van der Waals surface area contributed by atoms with E-state index in [9.17, 15) is 9.18 Å². The van der Waals surface area contributed by atoms with Crippen LogP contribution in [-0.4, -0.2) is 41.5 Å². The van der Waals surface area contributed by atoms with Crippen molar-refractivity contribution in [1.82, 2.24) is 10.2 Å². The summed E-state index contributed by atoms with van der Waals surface area (Å²) < 4.78 is 13.1. The van der Waals surface area contributed by atoms with Gasteiger partial charge in [0.05, 0.1) is 10.0 Å². The van der Waals surface area contributed by atoms with Crippen LogP contribution < -0.4 is 11.1 Å². The molecule has 1 saturated heterocycles. The van der Waals surface area contributed by atoms with Gasteiger partial charge in [0.15, 0.2) is 0 Å². The molecule has 1 aliphatic heterocycles. The normalized spacial score (nSPS) is 16.7. The van der Waals surface area contributed by atoms with Gasteiger partial charge in [-0.05, 0) is 31.0 Å². The number of piperidine rings is 1. The van der Waals surface area contributed by atoms with E-state index >= 15 is 0 Å². The van der Waals surface area contributed by atoms with E-state index in [4.69, 9.17) is 29.6 Å². The maximum absolute atomic E-state index is 13.1. The molecule has 0 spiro atoms. The van der Waals surface area contributed by atoms with Gasteiger partial charge in [-0.3, -0.25) is 9.69 Å². The van der Waals surface area contributed by atoms with Gasteiger partial charge in [-0.15, -0.1) is 0 Å². The highest BCUT2D eigenvalue weighted by atomic mass is 35.5. The highest BCUT2D eigenvalue weighted by Crippen LogP contribution is 2.17. The Hall–Kier alpha value is -1.24. The number of amides is 1. The Morgan fingerprint density at radius 3 is 2.71 bits per heavy atom. The smallest absolute Gasteiger partial charge is 0.251 e. The molecule has 1 heterocycles. The summed E-state index contributed by atoms with van der Waals surface area (Å²) >= 11 is 10.6. The Balaban J connectivity index is 1.86. The lowest BCUT2D eigenvalue weighted by molar-refractivity contribution is 0.0915. The molecule has 1 aliphatic rings. The van der Waals surface area contributed by atoms with Crippen molar-refractivity contribution in [2.24, 2.45) is 5.73 Å². The van der Waals surface area contributed by atoms with E-state index in [0.29, 0.717) is 17.1 Å². The lowest BCUT2D eigenvalue weighted by Crippen LogP contribution is -2.46. The number of nitrogens with one attached hydrogen (secondary N) is 1. The van der Waals surface area contributed by atoms with E-state index in [2.05, 4.69) is 10.2 Å². The van der Waals surface area contributed by atoms with Crippen molar-refractivity contribution in [2.45, 2.75) is 18.9 Å². The molecule has 2 rings (SSSR count). The number of nitrogens with two attached hydrogens (primary N) is 1. The molecule has 7 heteroatoms. The molecule has 0 aliphatic carbocycles. The number of thiocarbonyl (C=S) groups is 1. The zero-order chi connectivity index (χ0) is 15.4. The SMILES string of the molecule is NC(=S)CN1CCC(NC(=O)c2ccc(F)c(Cl)c2)CC1. The van der Waals surface area contributed by atoms with E-state index in [1.165, 1.54) is 18.2 Å². The molecule has 0 saturated carbocycles. The highest BCUT2D eigenvalue weighted by molar-refractivity contribution is 7.80. The average Bonchev–Trinajstić information content (AvgIpc) is 2.43. The lowest BCUT2D eigenvalue weighted by atomic mass is 10.0. The maximum atomic E-state index is 13.1. The van der Waals surface area contributed by atoms with Gasteiger partial charge in [-0.1, -0.05) is 23.8 Å². The number of carbonyl (C=O) groups excluding carboxylic acids is 1. The number of benzene rings is 1. The van der Waals surface area contributed by atoms with Crippen molar-refractivity contribution in [1.29, 1.82) is 0 Å². The van der Waals surface area contributed by atoms with Crippen LogP contribution in [0.2, 0.25) is 5.02 Å². The van der Waals surface area contributed by atoms with Crippen LogP contribution in [0.1, 0.15) is 23.2 Å². The summed E-state index contributed by atoms with van der Waals surface area (Å²) in [6.07, 6.45) is 1.67. The van der Waals surface area contributed by atoms with Crippen LogP contribution in [0.3, 0.4) is 0 Å². The number of likely N-dealkylation sites (tertiary alicyclic amines) is 1. The highest BCUT2D eigenvalue weighted by Gasteiger charge is 2.21. The summed E-state index contributed by atoms with van der Waals surface area (Å²) in [5.41, 5.74) is 5.89. The predicted octanol–water partition coefficient (Wildman–Crippen LogP) is 1.96. The summed E-state index contributed by atoms with van der Waals surface area (Å²) in [6.45, 7) is 2.29. The van der Waals surface area contributed by atoms with E-state index in [0.717, 1.165) is 25.9 Å². The first-order valence-corrected chi connectivity index (χ1v) is 7.51. The molecule has 3 N–H and O–H groups in total. The minimum Gasteiger partial charge on any atom is -0.392 e. The van der Waals surface area contributed by atoms with E-state index in [1.807, 2.05) is 0 Å². The molecule has 1 aromatic carbocycles. The zero-order valence-electron chi connectivity index (χ0n) is 11.4. The Bertz CT molecular complexity index is 547. The number of hydrogen-bond acceptors (Lipinski definition) is 3. The maximum Gasteiger partial charge on any atom is 0.251 e. The summed E-state index contributed by atoms with van der Waals surface area (Å²) in [5, 5.41) is 2.90. The first-order valence-electron chi connectivity index (χ1n) is 6.72. The van der Waals surface area contributed by atoms with E-state index in [-0.39, 0.29) is 17.0 Å². The first-order chi connectivity index (χ1) is 9.95. The Morgan fingerprint density at radius 2 is 2.14 bits per heavy atom. The molecule has 0 bridgehead atoms. The van der Waals surface area contributed by atoms with Crippen LogP contribution in [-0.2, 0) is 0 Å². The average molecular weight is 330 g/mol. The van der Waals surface area contributed by atoms with Crippen LogP contribution in [0, 0.1) is 5.82 Å². The van der Waals surface area contributed by atoms with Crippen molar-refractivity contribution < 1.29 is 9.18 Å². The second-order valence-electron chi connectivity index (χ2n) is 5.12. The number of nitrogens with zero attached hydrogens (tertiary/aromatic N) is 1. The summed E-state index contributed by atoms with van der Waals surface area (Å²) in [6, 6.07) is 4.07. The molecule has 1 aromatic rings. The molecule has 21 heavy (non-hydrogen) atoms. The van der Waals surface area contributed by atoms with Crippen LogP contribution in [0.5, 0.6) is 0 Å². The molecular weight excluding hydrogens is 313 g/mol. The minimum atomic E-state index is -0.528. The fourth-order valence-electron chi connectivity index (χ4n) is 2.36. The van der Waals surface area contributed by atoms with Crippen LogP contribution in [0.15, 0.2) is 18.2 Å². The third-order valence-corrected chi connectivity index (χ3v) is 3.90. The van der Waals surface area contributed by atoms with Crippen molar-refractivity contribution in [3.05, 3.63) is 34.6 Å². The molecule has 1 amide bonds. The van der Waals surface area contributed by atoms with Crippen molar-refractivity contribution in [3.8, 4) is 0 Å². The van der Waals surface area contributed by atoms with Crippen LogP contribution in [0.25, 0.3) is 0 Å². The monoisotopic (exact) mass is 329 g/mol. The molecule has 0 radical (unpaired) electrons. The van der Waals surface area contributed by atoms with Gasteiger partial charge >= 0.3 is 0 Å². The topological polar surface area (TPSA) is 58.4 Å². The molecule has 1 fully saturated rings. The van der Waals surface area contributed by atoms with E-state index in [1.54, 1.807) is 0 Å². The molecule has 114 valence electrons. The van der Waals surface area contributed by atoms with Gasteiger partial charge in [0, 0.05) is 31.2 Å². The van der Waals surface area contributed by atoms with Gasteiger partial charge in [0.25, 0.3) is 5.91 Å². The Labute approximate surface area is 133 Å². The van der Waals surface area contributed by atoms with Crippen molar-refractivity contribution in [3.63, 3.8) is 0 Å². The largest absolute Gasteiger partial charge is 0.392 e. The molecule has 4 nitrogen and oxygen atoms in total. The second-order valence-corrected chi connectivity index (χ2v) is 6.05. The molecule has 0 atom stereocenters. The van der Waals surface area contributed by atoms with E-state index < -0.39 is 5.82 Å². The van der Waals surface area contributed by atoms with Gasteiger partial charge < -0.3 is 11.1 Å². The van der Waals surface area contributed by atoms with Gasteiger partial charge in [0.2, 0.25) is 0 Å². The standard InChI is InChI=1S/C14H17ClFN3OS/c15-11-7-9(1-2-12(11)16)14(20)18-10-3-5-19(6-4-10)8-13(17)21/h1-2,7,10H,3-6,8H2,(H2,17,21)(H,18,20). The predicted molar refractivity (Wildman–Crippen MR) is 85.1 cm³/mol. The van der Waals surface area contributed by atoms with Gasteiger partial charge in [-0.2, -0.15) is 0 Å². The Morgan fingerprint density at radius 1 is 1.48 bits per heavy atom. The number of hydrogen-bond donors (Lipinski definition) is 2. The third-order valence-electron chi connectivity index (χ3n) is 3.48. The van der Waals surface area contributed by atoms with Crippen LogP contribution >= 0.6 is 23.8 Å². The Kier molecular flexibility index (Phi) is 5.50. The molecule has 0 unspecified atom stereocenters. The number of carbonyl (C=O) groups is 1.